The second-order valence-electron chi connectivity index (χ2n) is 3.64. The van der Waals surface area contributed by atoms with E-state index >= 15 is 0 Å². The van der Waals surface area contributed by atoms with Crippen LogP contribution in [0.5, 0.6) is 0 Å². The van der Waals surface area contributed by atoms with Crippen LogP contribution in [-0.2, 0) is 0 Å². The molecule has 0 saturated heterocycles. The number of benzene rings is 1. The van der Waals surface area contributed by atoms with E-state index in [1.165, 1.54) is 0 Å². The third-order valence-electron chi connectivity index (χ3n) is 2.50. The molecule has 82 valence electrons. The van der Waals surface area contributed by atoms with E-state index in [1.54, 1.807) is 0 Å². The number of hydrogen-bond donors (Lipinski definition) is 1. The Labute approximate surface area is 94.8 Å². The van der Waals surface area contributed by atoms with Gasteiger partial charge in [-0.05, 0) is 26.0 Å². The van der Waals surface area contributed by atoms with Crippen molar-refractivity contribution in [3.8, 4) is 11.4 Å². The predicted molar refractivity (Wildman–Crippen MR) is 64.3 cm³/mol. The average molecular weight is 214 g/mol. The minimum atomic E-state index is 0.667. The second kappa shape index (κ2) is 4.26. The van der Waals surface area contributed by atoms with Gasteiger partial charge in [0.05, 0.1) is 11.4 Å². The number of anilines is 1. The molecule has 1 heterocycles. The van der Waals surface area contributed by atoms with Gasteiger partial charge in [-0.15, -0.1) is 5.10 Å². The van der Waals surface area contributed by atoms with E-state index in [0.29, 0.717) is 5.82 Å². The normalized spacial score (nSPS) is 10.2. The van der Waals surface area contributed by atoms with Crippen molar-refractivity contribution in [3.63, 3.8) is 0 Å². The van der Waals surface area contributed by atoms with Gasteiger partial charge in [0.15, 0.2) is 5.82 Å². The largest absolute Gasteiger partial charge is 0.388 e. The van der Waals surface area contributed by atoms with Gasteiger partial charge in [-0.1, -0.05) is 12.1 Å². The van der Waals surface area contributed by atoms with Crippen molar-refractivity contribution in [2.45, 2.75) is 13.8 Å². The van der Waals surface area contributed by atoms with Gasteiger partial charge in [0.2, 0.25) is 0 Å². The van der Waals surface area contributed by atoms with Crippen LogP contribution in [0.1, 0.15) is 11.4 Å². The topological polar surface area (TPSA) is 50.7 Å². The first kappa shape index (κ1) is 10.5. The first-order chi connectivity index (χ1) is 7.70. The first-order valence-electron chi connectivity index (χ1n) is 5.17. The minimum Gasteiger partial charge on any atom is -0.388 e. The van der Waals surface area contributed by atoms with Crippen LogP contribution < -0.4 is 5.32 Å². The number of rotatable bonds is 2. The van der Waals surface area contributed by atoms with Gasteiger partial charge in [-0.25, -0.2) is 4.98 Å². The van der Waals surface area contributed by atoms with Crippen LogP contribution in [0.3, 0.4) is 0 Å². The van der Waals surface area contributed by atoms with Crippen LogP contribution in [0.15, 0.2) is 24.3 Å². The van der Waals surface area contributed by atoms with E-state index in [1.807, 2.05) is 45.2 Å². The van der Waals surface area contributed by atoms with Crippen molar-refractivity contribution < 1.29 is 0 Å². The number of nitrogens with zero attached hydrogens (tertiary/aromatic N) is 3. The quantitative estimate of drug-likeness (QED) is 0.832. The van der Waals surface area contributed by atoms with E-state index in [4.69, 9.17) is 0 Å². The van der Waals surface area contributed by atoms with Gasteiger partial charge >= 0.3 is 0 Å². The molecule has 0 amide bonds. The standard InChI is InChI=1S/C12H14N4/c1-8-9(2)15-16-12(14-8)10-5-4-6-11(7-10)13-3/h4-7,13H,1-3H3. The molecule has 0 aliphatic rings. The molecule has 1 aromatic heterocycles. The van der Waals surface area contributed by atoms with Crippen molar-refractivity contribution in [2.24, 2.45) is 0 Å². The Morgan fingerprint density at radius 1 is 1.06 bits per heavy atom. The van der Waals surface area contributed by atoms with Crippen LogP contribution in [0, 0.1) is 13.8 Å². The molecule has 0 atom stereocenters. The van der Waals surface area contributed by atoms with Crippen LogP contribution >= 0.6 is 0 Å². The Balaban J connectivity index is 2.46. The fourth-order valence-electron chi connectivity index (χ4n) is 1.39. The first-order valence-corrected chi connectivity index (χ1v) is 5.17. The van der Waals surface area contributed by atoms with E-state index < -0.39 is 0 Å². The zero-order valence-corrected chi connectivity index (χ0v) is 9.65. The second-order valence-corrected chi connectivity index (χ2v) is 3.64. The maximum absolute atomic E-state index is 4.42. The smallest absolute Gasteiger partial charge is 0.182 e. The average Bonchev–Trinajstić information content (AvgIpc) is 2.33. The molecule has 0 radical (unpaired) electrons. The summed E-state index contributed by atoms with van der Waals surface area (Å²) in [6.07, 6.45) is 0. The van der Waals surface area contributed by atoms with Crippen LogP contribution in [-0.4, -0.2) is 22.2 Å². The van der Waals surface area contributed by atoms with Crippen molar-refractivity contribution in [3.05, 3.63) is 35.7 Å². The lowest BCUT2D eigenvalue weighted by Crippen LogP contribution is -1.99. The third-order valence-corrected chi connectivity index (χ3v) is 2.50. The third kappa shape index (κ3) is 2.00. The molecule has 0 spiro atoms. The summed E-state index contributed by atoms with van der Waals surface area (Å²) in [5, 5.41) is 11.3. The summed E-state index contributed by atoms with van der Waals surface area (Å²) in [6, 6.07) is 7.95. The highest BCUT2D eigenvalue weighted by Gasteiger charge is 2.04. The van der Waals surface area contributed by atoms with Crippen molar-refractivity contribution in [1.82, 2.24) is 15.2 Å². The molecule has 0 saturated carbocycles. The maximum Gasteiger partial charge on any atom is 0.182 e. The molecule has 0 bridgehead atoms. The Morgan fingerprint density at radius 2 is 1.88 bits per heavy atom. The SMILES string of the molecule is CNc1cccc(-c2nnc(C)c(C)n2)c1. The highest BCUT2D eigenvalue weighted by Crippen LogP contribution is 2.18. The van der Waals surface area contributed by atoms with E-state index in [9.17, 15) is 0 Å². The van der Waals surface area contributed by atoms with Crippen LogP contribution in [0.4, 0.5) is 5.69 Å². The Morgan fingerprint density at radius 3 is 2.56 bits per heavy atom. The molecule has 0 aliphatic carbocycles. The summed E-state index contributed by atoms with van der Waals surface area (Å²) in [7, 11) is 1.89. The van der Waals surface area contributed by atoms with Gasteiger partial charge in [0, 0.05) is 18.3 Å². The van der Waals surface area contributed by atoms with Gasteiger partial charge in [-0.3, -0.25) is 0 Å². The van der Waals surface area contributed by atoms with Crippen LogP contribution in [0.2, 0.25) is 0 Å². The van der Waals surface area contributed by atoms with Gasteiger partial charge in [-0.2, -0.15) is 5.10 Å². The predicted octanol–water partition coefficient (Wildman–Crippen LogP) is 2.20. The zero-order chi connectivity index (χ0) is 11.5. The summed E-state index contributed by atoms with van der Waals surface area (Å²) in [5.74, 6) is 0.667. The molecular formula is C12H14N4. The molecule has 4 heteroatoms. The molecule has 0 unspecified atom stereocenters. The lowest BCUT2D eigenvalue weighted by molar-refractivity contribution is 0.905. The van der Waals surface area contributed by atoms with Gasteiger partial charge in [0.25, 0.3) is 0 Å². The molecule has 0 fully saturated rings. The molecular weight excluding hydrogens is 200 g/mol. The molecule has 4 nitrogen and oxygen atoms in total. The summed E-state index contributed by atoms with van der Waals surface area (Å²) in [4.78, 5) is 4.42. The summed E-state index contributed by atoms with van der Waals surface area (Å²) < 4.78 is 0. The Bertz CT molecular complexity index is 508. The Hall–Kier alpha value is -1.97. The van der Waals surface area contributed by atoms with E-state index in [-0.39, 0.29) is 0 Å². The number of aromatic nitrogens is 3. The lowest BCUT2D eigenvalue weighted by atomic mass is 10.2. The van der Waals surface area contributed by atoms with Crippen molar-refractivity contribution >= 4 is 5.69 Å². The Kier molecular flexibility index (Phi) is 2.81. The fraction of sp³-hybridized carbons (Fsp3) is 0.250. The summed E-state index contributed by atoms with van der Waals surface area (Å²) in [6.45, 7) is 3.85. The maximum atomic E-state index is 4.42. The minimum absolute atomic E-state index is 0.667. The fourth-order valence-corrected chi connectivity index (χ4v) is 1.39. The van der Waals surface area contributed by atoms with E-state index in [0.717, 1.165) is 22.6 Å². The number of hydrogen-bond acceptors (Lipinski definition) is 4. The highest BCUT2D eigenvalue weighted by molar-refractivity contribution is 5.61. The lowest BCUT2D eigenvalue weighted by Gasteiger charge is -2.04. The van der Waals surface area contributed by atoms with Crippen molar-refractivity contribution in [1.29, 1.82) is 0 Å². The molecule has 1 aromatic carbocycles. The summed E-state index contributed by atoms with van der Waals surface area (Å²) >= 11 is 0. The van der Waals surface area contributed by atoms with Crippen molar-refractivity contribution in [2.75, 3.05) is 12.4 Å². The highest BCUT2D eigenvalue weighted by atomic mass is 15.2. The number of aryl methyl sites for hydroxylation is 2. The van der Waals surface area contributed by atoms with Crippen LogP contribution in [0.25, 0.3) is 11.4 Å². The molecule has 2 aromatic rings. The summed E-state index contributed by atoms with van der Waals surface area (Å²) in [5.41, 5.74) is 3.80. The number of nitrogens with one attached hydrogen (secondary N) is 1. The molecule has 1 N–H and O–H groups in total. The monoisotopic (exact) mass is 214 g/mol. The molecule has 2 rings (SSSR count). The molecule has 0 aliphatic heterocycles. The molecule has 16 heavy (non-hydrogen) atoms. The zero-order valence-electron chi connectivity index (χ0n) is 9.65. The van der Waals surface area contributed by atoms with E-state index in [2.05, 4.69) is 20.5 Å². The van der Waals surface area contributed by atoms with Gasteiger partial charge in [0.1, 0.15) is 0 Å². The van der Waals surface area contributed by atoms with Gasteiger partial charge < -0.3 is 5.32 Å².